The van der Waals surface area contributed by atoms with Crippen molar-refractivity contribution in [2.75, 3.05) is 6.54 Å². The molecule has 26 heavy (non-hydrogen) atoms. The van der Waals surface area contributed by atoms with Crippen molar-refractivity contribution in [1.29, 1.82) is 0 Å². The van der Waals surface area contributed by atoms with Crippen LogP contribution in [0.5, 0.6) is 0 Å². The van der Waals surface area contributed by atoms with Crippen molar-refractivity contribution < 1.29 is 9.66 Å². The second kappa shape index (κ2) is 7.81. The Morgan fingerprint density at radius 3 is 2.42 bits per heavy atom. The van der Waals surface area contributed by atoms with Crippen molar-refractivity contribution in [3.05, 3.63) is 80.9 Å². The van der Waals surface area contributed by atoms with Crippen LogP contribution in [-0.4, -0.2) is 17.7 Å². The Morgan fingerprint density at radius 2 is 1.85 bits per heavy atom. The summed E-state index contributed by atoms with van der Waals surface area (Å²) in [4.78, 5) is 10.4. The minimum atomic E-state index is -0.391. The van der Waals surface area contributed by atoms with E-state index < -0.39 is 4.92 Å². The lowest BCUT2D eigenvalue weighted by molar-refractivity contribution is -0.384. The smallest absolute Gasteiger partial charge is 0.269 e. The van der Waals surface area contributed by atoms with E-state index in [1.807, 2.05) is 6.92 Å². The molecule has 2 aromatic rings. The molecule has 2 atom stereocenters. The first kappa shape index (κ1) is 18.3. The lowest BCUT2D eigenvalue weighted by Gasteiger charge is -2.14. The first-order chi connectivity index (χ1) is 12.4. The van der Waals surface area contributed by atoms with Gasteiger partial charge >= 0.3 is 0 Å². The molecule has 0 bridgehead atoms. The van der Waals surface area contributed by atoms with E-state index in [1.54, 1.807) is 12.1 Å². The van der Waals surface area contributed by atoms with Crippen molar-refractivity contribution in [3.8, 4) is 0 Å². The molecule has 3 rings (SSSR count). The molecule has 136 valence electrons. The van der Waals surface area contributed by atoms with Gasteiger partial charge in [0.05, 0.1) is 11.0 Å². The average Bonchev–Trinajstić information content (AvgIpc) is 3.12. The summed E-state index contributed by atoms with van der Waals surface area (Å²) in [6, 6.07) is 15.1. The zero-order valence-electron chi connectivity index (χ0n) is 15.3. The summed E-state index contributed by atoms with van der Waals surface area (Å²) < 4.78 is 6.09. The summed E-state index contributed by atoms with van der Waals surface area (Å²) in [5.74, 6) is 0.524. The Balaban J connectivity index is 1.66. The van der Waals surface area contributed by atoms with Crippen LogP contribution in [0.15, 0.2) is 54.1 Å². The van der Waals surface area contributed by atoms with Crippen LogP contribution in [0.2, 0.25) is 0 Å². The standard InChI is InChI=1S/C21H24N2O3/c1-14(2)17-6-4-16(5-7-17)12-15(3)21-22-13-20(26-21)18-8-10-19(11-9-18)23(24)25/h4-12,14,20-22H,13H2,1-3H3/b15-12+/t20-,21+/m1/s1. The number of nitrogens with zero attached hydrogens (tertiary/aromatic N) is 1. The van der Waals surface area contributed by atoms with Crippen LogP contribution >= 0.6 is 0 Å². The van der Waals surface area contributed by atoms with E-state index in [0.29, 0.717) is 12.5 Å². The third-order valence-corrected chi connectivity index (χ3v) is 4.68. The van der Waals surface area contributed by atoms with Gasteiger partial charge in [-0.2, -0.15) is 0 Å². The number of nitrogens with one attached hydrogen (secondary N) is 1. The molecule has 0 aliphatic carbocycles. The van der Waals surface area contributed by atoms with Crippen LogP contribution < -0.4 is 5.32 Å². The van der Waals surface area contributed by atoms with Gasteiger partial charge in [0.1, 0.15) is 6.23 Å². The second-order valence-corrected chi connectivity index (χ2v) is 6.97. The minimum Gasteiger partial charge on any atom is -0.350 e. The molecule has 5 heteroatoms. The van der Waals surface area contributed by atoms with E-state index in [9.17, 15) is 10.1 Å². The van der Waals surface area contributed by atoms with Gasteiger partial charge in [0, 0.05) is 18.7 Å². The quantitative estimate of drug-likeness (QED) is 0.619. The van der Waals surface area contributed by atoms with E-state index in [4.69, 9.17) is 4.74 Å². The fraction of sp³-hybridized carbons (Fsp3) is 0.333. The summed E-state index contributed by atoms with van der Waals surface area (Å²) in [5, 5.41) is 14.1. The maximum absolute atomic E-state index is 10.8. The molecule has 0 radical (unpaired) electrons. The molecule has 5 nitrogen and oxygen atoms in total. The molecule has 1 saturated heterocycles. The highest BCUT2D eigenvalue weighted by molar-refractivity contribution is 5.54. The number of nitro groups is 1. The molecule has 0 spiro atoms. The van der Waals surface area contributed by atoms with E-state index in [2.05, 4.69) is 49.5 Å². The predicted octanol–water partition coefficient (Wildman–Crippen LogP) is 4.81. The number of non-ortho nitro benzene ring substituents is 1. The predicted molar refractivity (Wildman–Crippen MR) is 103 cm³/mol. The van der Waals surface area contributed by atoms with Crippen LogP contribution in [0.3, 0.4) is 0 Å². The van der Waals surface area contributed by atoms with Crippen molar-refractivity contribution in [1.82, 2.24) is 5.32 Å². The average molecular weight is 352 g/mol. The van der Waals surface area contributed by atoms with Gasteiger partial charge in [0.2, 0.25) is 0 Å². The first-order valence-electron chi connectivity index (χ1n) is 8.85. The topological polar surface area (TPSA) is 64.4 Å². The molecule has 0 amide bonds. The minimum absolute atomic E-state index is 0.0946. The van der Waals surface area contributed by atoms with Gasteiger partial charge in [0.25, 0.3) is 5.69 Å². The van der Waals surface area contributed by atoms with E-state index in [1.165, 1.54) is 17.7 Å². The Labute approximate surface area is 153 Å². The molecule has 0 unspecified atom stereocenters. The molecule has 2 aromatic carbocycles. The number of benzene rings is 2. The number of hydrogen-bond acceptors (Lipinski definition) is 4. The molecular weight excluding hydrogens is 328 g/mol. The third-order valence-electron chi connectivity index (χ3n) is 4.68. The van der Waals surface area contributed by atoms with Gasteiger partial charge in [-0.3, -0.25) is 15.4 Å². The van der Waals surface area contributed by atoms with Gasteiger partial charge in [-0.15, -0.1) is 0 Å². The molecule has 0 aromatic heterocycles. The SMILES string of the molecule is C/C(=C\c1ccc(C(C)C)cc1)[C@H]1NC[C@H](c2ccc([N+](=O)[O-])cc2)O1. The highest BCUT2D eigenvalue weighted by Gasteiger charge is 2.27. The monoisotopic (exact) mass is 352 g/mol. The first-order valence-corrected chi connectivity index (χ1v) is 8.85. The Hall–Kier alpha value is -2.50. The lowest BCUT2D eigenvalue weighted by Crippen LogP contribution is -2.23. The molecular formula is C21H24N2O3. The van der Waals surface area contributed by atoms with Gasteiger partial charge in [0.15, 0.2) is 0 Å². The van der Waals surface area contributed by atoms with Crippen LogP contribution in [0.1, 0.15) is 49.5 Å². The fourth-order valence-electron chi connectivity index (χ4n) is 3.07. The molecule has 1 fully saturated rings. The van der Waals surface area contributed by atoms with Gasteiger partial charge < -0.3 is 4.74 Å². The highest BCUT2D eigenvalue weighted by atomic mass is 16.6. The zero-order chi connectivity index (χ0) is 18.7. The summed E-state index contributed by atoms with van der Waals surface area (Å²) in [7, 11) is 0. The van der Waals surface area contributed by atoms with Crippen LogP contribution in [0.4, 0.5) is 5.69 Å². The van der Waals surface area contributed by atoms with Gasteiger partial charge in [-0.1, -0.05) is 44.2 Å². The fourth-order valence-corrected chi connectivity index (χ4v) is 3.07. The van der Waals surface area contributed by atoms with Crippen LogP contribution in [-0.2, 0) is 4.74 Å². The van der Waals surface area contributed by atoms with E-state index in [0.717, 1.165) is 16.7 Å². The van der Waals surface area contributed by atoms with Gasteiger partial charge in [-0.05, 0) is 47.2 Å². The number of hydrogen-bond donors (Lipinski definition) is 1. The molecule has 0 saturated carbocycles. The second-order valence-electron chi connectivity index (χ2n) is 6.97. The summed E-state index contributed by atoms with van der Waals surface area (Å²) in [5.41, 5.74) is 4.62. The largest absolute Gasteiger partial charge is 0.350 e. The molecule has 1 aliphatic rings. The highest BCUT2D eigenvalue weighted by Crippen LogP contribution is 2.28. The lowest BCUT2D eigenvalue weighted by atomic mass is 10.0. The summed E-state index contributed by atoms with van der Waals surface area (Å²) >= 11 is 0. The van der Waals surface area contributed by atoms with Crippen molar-refractivity contribution in [2.24, 2.45) is 0 Å². The summed E-state index contributed by atoms with van der Waals surface area (Å²) in [6.07, 6.45) is 1.87. The maximum Gasteiger partial charge on any atom is 0.269 e. The third kappa shape index (κ3) is 4.18. The van der Waals surface area contributed by atoms with Crippen molar-refractivity contribution >= 4 is 11.8 Å². The van der Waals surface area contributed by atoms with Crippen LogP contribution in [0.25, 0.3) is 6.08 Å². The Bertz CT molecular complexity index is 795. The van der Waals surface area contributed by atoms with E-state index in [-0.39, 0.29) is 18.0 Å². The number of nitro benzene ring substituents is 1. The van der Waals surface area contributed by atoms with Crippen molar-refractivity contribution in [3.63, 3.8) is 0 Å². The molecule has 1 heterocycles. The molecule has 1 aliphatic heterocycles. The Kier molecular flexibility index (Phi) is 5.49. The summed E-state index contributed by atoms with van der Waals surface area (Å²) in [6.45, 7) is 7.10. The number of ether oxygens (including phenoxy) is 1. The number of rotatable bonds is 5. The Morgan fingerprint density at radius 1 is 1.19 bits per heavy atom. The maximum atomic E-state index is 10.8. The normalized spacial score (nSPS) is 20.5. The zero-order valence-corrected chi connectivity index (χ0v) is 15.3. The van der Waals surface area contributed by atoms with E-state index >= 15 is 0 Å². The van der Waals surface area contributed by atoms with Crippen molar-refractivity contribution in [2.45, 2.75) is 39.0 Å². The van der Waals surface area contributed by atoms with Crippen LogP contribution in [0, 0.1) is 10.1 Å². The van der Waals surface area contributed by atoms with Gasteiger partial charge in [-0.25, -0.2) is 0 Å². The molecule has 1 N–H and O–H groups in total.